The number of methoxy groups -OCH3 is 1. The summed E-state index contributed by atoms with van der Waals surface area (Å²) in [6.45, 7) is 2.08. The van der Waals surface area contributed by atoms with E-state index < -0.39 is 0 Å². The van der Waals surface area contributed by atoms with Crippen molar-refractivity contribution in [1.82, 2.24) is 4.98 Å². The van der Waals surface area contributed by atoms with Crippen LogP contribution in [0.2, 0.25) is 0 Å². The van der Waals surface area contributed by atoms with Crippen LogP contribution in [0.1, 0.15) is 31.4 Å². The second kappa shape index (κ2) is 4.80. The summed E-state index contributed by atoms with van der Waals surface area (Å²) >= 11 is 0. The number of aromatic nitrogens is 1. The smallest absolute Gasteiger partial charge is 0.137 e. The number of rotatable bonds is 3. The fourth-order valence-electron chi connectivity index (χ4n) is 2.04. The first kappa shape index (κ1) is 11.4. The molecule has 2 heterocycles. The van der Waals surface area contributed by atoms with Crippen molar-refractivity contribution in [3.63, 3.8) is 0 Å². The van der Waals surface area contributed by atoms with E-state index >= 15 is 0 Å². The average Bonchev–Trinajstić information content (AvgIpc) is 2.75. The zero-order valence-electron chi connectivity index (χ0n) is 9.72. The van der Waals surface area contributed by atoms with Gasteiger partial charge in [-0.25, -0.2) is 0 Å². The summed E-state index contributed by atoms with van der Waals surface area (Å²) in [6.07, 6.45) is 5.96. The minimum absolute atomic E-state index is 0.101. The van der Waals surface area contributed by atoms with Crippen LogP contribution in [0, 0.1) is 0 Å². The number of hydrogen-bond donors (Lipinski definition) is 1. The van der Waals surface area contributed by atoms with Gasteiger partial charge in [0.2, 0.25) is 0 Å². The van der Waals surface area contributed by atoms with Crippen LogP contribution < -0.4 is 10.5 Å². The Hall–Kier alpha value is -1.13. The largest absolute Gasteiger partial charge is 0.495 e. The van der Waals surface area contributed by atoms with Crippen molar-refractivity contribution in [2.45, 2.75) is 38.0 Å². The lowest BCUT2D eigenvalue weighted by Crippen LogP contribution is -2.26. The molecule has 0 radical (unpaired) electrons. The van der Waals surface area contributed by atoms with E-state index in [1.165, 1.54) is 0 Å². The summed E-state index contributed by atoms with van der Waals surface area (Å²) in [6, 6.07) is 1.80. The highest BCUT2D eigenvalue weighted by atomic mass is 16.5. The van der Waals surface area contributed by atoms with Crippen molar-refractivity contribution in [2.24, 2.45) is 5.73 Å². The second-order valence-electron chi connectivity index (χ2n) is 4.25. The number of nitrogens with zero attached hydrogens (tertiary/aromatic N) is 1. The number of nitrogens with two attached hydrogens (primary N) is 1. The topological polar surface area (TPSA) is 57.4 Å². The molecule has 1 aromatic heterocycles. The molecule has 0 spiro atoms. The van der Waals surface area contributed by atoms with Crippen LogP contribution in [0.15, 0.2) is 18.5 Å². The lowest BCUT2D eigenvalue weighted by atomic mass is 10.0. The Balaban J connectivity index is 2.10. The van der Waals surface area contributed by atoms with Gasteiger partial charge in [-0.2, -0.15) is 0 Å². The van der Waals surface area contributed by atoms with E-state index in [1.54, 1.807) is 19.5 Å². The molecule has 2 N–H and O–H groups in total. The Morgan fingerprint density at radius 2 is 2.31 bits per heavy atom. The zero-order valence-corrected chi connectivity index (χ0v) is 9.72. The van der Waals surface area contributed by atoms with Crippen molar-refractivity contribution in [2.75, 3.05) is 7.11 Å². The maximum absolute atomic E-state index is 6.17. The summed E-state index contributed by atoms with van der Waals surface area (Å²) in [5, 5.41) is 0. The lowest BCUT2D eigenvalue weighted by Gasteiger charge is -2.19. The molecule has 1 saturated heterocycles. The Kier molecular flexibility index (Phi) is 3.41. The van der Waals surface area contributed by atoms with Crippen molar-refractivity contribution in [3.8, 4) is 5.75 Å². The van der Waals surface area contributed by atoms with Gasteiger partial charge in [0.25, 0.3) is 0 Å². The lowest BCUT2D eigenvalue weighted by molar-refractivity contribution is 0.0400. The van der Waals surface area contributed by atoms with Crippen molar-refractivity contribution in [1.29, 1.82) is 0 Å². The first-order valence-corrected chi connectivity index (χ1v) is 5.60. The highest BCUT2D eigenvalue weighted by molar-refractivity contribution is 5.26. The van der Waals surface area contributed by atoms with Gasteiger partial charge < -0.3 is 15.2 Å². The summed E-state index contributed by atoms with van der Waals surface area (Å²) < 4.78 is 10.9. The summed E-state index contributed by atoms with van der Waals surface area (Å²) in [4.78, 5) is 4.11. The van der Waals surface area contributed by atoms with Crippen LogP contribution in [0.3, 0.4) is 0 Å². The molecule has 88 valence electrons. The quantitative estimate of drug-likeness (QED) is 0.845. The van der Waals surface area contributed by atoms with Gasteiger partial charge >= 0.3 is 0 Å². The minimum atomic E-state index is -0.118. The Morgan fingerprint density at radius 1 is 1.50 bits per heavy atom. The predicted molar refractivity (Wildman–Crippen MR) is 61.3 cm³/mol. The van der Waals surface area contributed by atoms with E-state index in [-0.39, 0.29) is 12.1 Å². The van der Waals surface area contributed by atoms with Crippen LogP contribution >= 0.6 is 0 Å². The average molecular weight is 222 g/mol. The van der Waals surface area contributed by atoms with E-state index in [1.807, 2.05) is 6.07 Å². The van der Waals surface area contributed by atoms with Crippen LogP contribution in [-0.2, 0) is 4.74 Å². The molecule has 2 rings (SSSR count). The van der Waals surface area contributed by atoms with Gasteiger partial charge in [-0.3, -0.25) is 4.98 Å². The Morgan fingerprint density at radius 3 is 2.94 bits per heavy atom. The van der Waals surface area contributed by atoms with E-state index in [9.17, 15) is 0 Å². The molecule has 1 aromatic rings. The molecule has 0 aliphatic carbocycles. The minimum Gasteiger partial charge on any atom is -0.495 e. The number of pyridine rings is 1. The second-order valence-corrected chi connectivity index (χ2v) is 4.25. The first-order chi connectivity index (χ1) is 7.70. The molecule has 4 heteroatoms. The standard InChI is InChI=1S/C12H18N2O2/c1-8-3-4-11(16-8)12(13)9-5-10(15-2)7-14-6-9/h5-8,11-12H,3-4,13H2,1-2H3. The summed E-state index contributed by atoms with van der Waals surface area (Å²) in [5.41, 5.74) is 7.14. The number of ether oxygens (including phenoxy) is 2. The zero-order chi connectivity index (χ0) is 11.5. The molecule has 16 heavy (non-hydrogen) atoms. The molecule has 4 nitrogen and oxygen atoms in total. The van der Waals surface area contributed by atoms with Crippen molar-refractivity contribution in [3.05, 3.63) is 24.0 Å². The third-order valence-electron chi connectivity index (χ3n) is 3.02. The van der Waals surface area contributed by atoms with Gasteiger partial charge in [-0.05, 0) is 31.4 Å². The highest BCUT2D eigenvalue weighted by Gasteiger charge is 2.28. The van der Waals surface area contributed by atoms with Gasteiger partial charge in [0, 0.05) is 6.20 Å². The summed E-state index contributed by atoms with van der Waals surface area (Å²) in [7, 11) is 1.63. The van der Waals surface area contributed by atoms with Gasteiger partial charge in [0.15, 0.2) is 0 Å². The third kappa shape index (κ3) is 2.33. The summed E-state index contributed by atoms with van der Waals surface area (Å²) in [5.74, 6) is 0.735. The maximum Gasteiger partial charge on any atom is 0.137 e. The van der Waals surface area contributed by atoms with Crippen LogP contribution in [0.5, 0.6) is 5.75 Å². The molecule has 0 aromatic carbocycles. The molecular formula is C12H18N2O2. The Labute approximate surface area is 95.8 Å². The molecular weight excluding hydrogens is 204 g/mol. The maximum atomic E-state index is 6.17. The normalized spacial score (nSPS) is 26.7. The van der Waals surface area contributed by atoms with Crippen LogP contribution in [0.25, 0.3) is 0 Å². The van der Waals surface area contributed by atoms with E-state index in [0.29, 0.717) is 6.10 Å². The molecule has 0 amide bonds. The fraction of sp³-hybridized carbons (Fsp3) is 0.583. The monoisotopic (exact) mass is 222 g/mol. The molecule has 1 aliphatic heterocycles. The highest BCUT2D eigenvalue weighted by Crippen LogP contribution is 2.29. The van der Waals surface area contributed by atoms with E-state index in [0.717, 1.165) is 24.2 Å². The Bertz CT molecular complexity index is 357. The molecule has 0 bridgehead atoms. The molecule has 1 fully saturated rings. The van der Waals surface area contributed by atoms with Gasteiger partial charge in [0.05, 0.1) is 31.6 Å². The molecule has 3 unspecified atom stereocenters. The molecule has 1 aliphatic rings. The van der Waals surface area contributed by atoms with E-state index in [4.69, 9.17) is 15.2 Å². The SMILES string of the molecule is COc1cncc(C(N)C2CCC(C)O2)c1. The van der Waals surface area contributed by atoms with Gasteiger partial charge in [-0.15, -0.1) is 0 Å². The van der Waals surface area contributed by atoms with Crippen LogP contribution in [-0.4, -0.2) is 24.3 Å². The third-order valence-corrected chi connectivity index (χ3v) is 3.02. The van der Waals surface area contributed by atoms with Crippen molar-refractivity contribution < 1.29 is 9.47 Å². The molecule has 0 saturated carbocycles. The molecule has 3 atom stereocenters. The van der Waals surface area contributed by atoms with Gasteiger partial charge in [-0.1, -0.05) is 0 Å². The van der Waals surface area contributed by atoms with Gasteiger partial charge in [0.1, 0.15) is 5.75 Å². The predicted octanol–water partition coefficient (Wildman–Crippen LogP) is 1.66. The van der Waals surface area contributed by atoms with E-state index in [2.05, 4.69) is 11.9 Å². The fourth-order valence-corrected chi connectivity index (χ4v) is 2.04. The van der Waals surface area contributed by atoms with Crippen LogP contribution in [0.4, 0.5) is 0 Å². The first-order valence-electron chi connectivity index (χ1n) is 5.60. The number of hydrogen-bond acceptors (Lipinski definition) is 4. The van der Waals surface area contributed by atoms with Crippen molar-refractivity contribution >= 4 is 0 Å².